The zero-order chi connectivity index (χ0) is 39.1. The summed E-state index contributed by atoms with van der Waals surface area (Å²) in [5.74, 6) is 1.16. The molecule has 3 heterocycles. The molecule has 280 valence electrons. The number of aryl methyl sites for hydroxylation is 2. The number of hydrogen-bond acceptors (Lipinski definition) is 3. The summed E-state index contributed by atoms with van der Waals surface area (Å²) >= 11 is 0. The Morgan fingerprint density at radius 2 is 1.09 bits per heavy atom. The highest BCUT2D eigenvalue weighted by Crippen LogP contribution is 2.55. The summed E-state index contributed by atoms with van der Waals surface area (Å²) in [6.45, 7) is 35.0. The number of anilines is 6. The average molecular weight is 717 g/mol. The quantitative estimate of drug-likeness (QED) is 0.166. The van der Waals surface area contributed by atoms with E-state index in [0.717, 1.165) is 24.3 Å². The number of furan rings is 1. The van der Waals surface area contributed by atoms with Crippen molar-refractivity contribution in [2.24, 2.45) is 0 Å². The standard InChI is InChI=1S/C50H61BN2O/c1-30-26-39-42-40(27-30)53(37-22-18-33(28-31(37)2)47(6,7)8)43-41-44(50(14,15)25-24-49(41,12)13)54-45(43)51(42)36-29-34(48(9,10)11)19-23-38(36)52(39)35-20-16-32(17-21-35)46(3,4)5/h16-23,26-29H,24-25H2,1-15H3. The lowest BCUT2D eigenvalue weighted by Crippen LogP contribution is -2.61. The first-order valence-corrected chi connectivity index (χ1v) is 20.3. The maximum absolute atomic E-state index is 7.54. The number of benzene rings is 4. The summed E-state index contributed by atoms with van der Waals surface area (Å²) in [6.07, 6.45) is 2.22. The Hall–Kier alpha value is -4.18. The van der Waals surface area contributed by atoms with Crippen molar-refractivity contribution in [3.05, 3.63) is 112 Å². The molecule has 4 heteroatoms. The largest absolute Gasteiger partial charge is 0.472 e. The lowest BCUT2D eigenvalue weighted by atomic mass is 9.35. The Morgan fingerprint density at radius 1 is 0.574 bits per heavy atom. The van der Waals surface area contributed by atoms with E-state index in [1.165, 1.54) is 78.4 Å². The van der Waals surface area contributed by atoms with E-state index in [-0.39, 0.29) is 33.8 Å². The second kappa shape index (κ2) is 11.7. The van der Waals surface area contributed by atoms with Gasteiger partial charge in [0.05, 0.1) is 11.3 Å². The lowest BCUT2D eigenvalue weighted by Gasteiger charge is -2.45. The summed E-state index contributed by atoms with van der Waals surface area (Å²) in [6, 6.07) is 28.6. The highest BCUT2D eigenvalue weighted by molar-refractivity contribution is 6.99. The molecule has 0 saturated carbocycles. The molecule has 3 aliphatic rings. The molecule has 0 spiro atoms. The maximum atomic E-state index is 7.54. The highest BCUT2D eigenvalue weighted by Gasteiger charge is 2.52. The van der Waals surface area contributed by atoms with E-state index >= 15 is 0 Å². The van der Waals surface area contributed by atoms with E-state index in [4.69, 9.17) is 4.42 Å². The van der Waals surface area contributed by atoms with Crippen molar-refractivity contribution < 1.29 is 4.42 Å². The molecule has 0 bridgehead atoms. The van der Waals surface area contributed by atoms with Crippen LogP contribution < -0.4 is 26.4 Å². The van der Waals surface area contributed by atoms with Gasteiger partial charge in [-0.2, -0.15) is 0 Å². The molecule has 8 rings (SSSR count). The summed E-state index contributed by atoms with van der Waals surface area (Å²) in [5, 5.41) is 0. The molecule has 0 saturated heterocycles. The van der Waals surface area contributed by atoms with Crippen molar-refractivity contribution in [3.63, 3.8) is 0 Å². The first-order valence-electron chi connectivity index (χ1n) is 20.3. The SMILES string of the molecule is Cc1cc2c3c(c1)N(c1ccc(C(C)(C)C)cc1C)c1c(oc4c1C(C)(C)CCC4(C)C)B3c1cc(C(C)(C)C)ccc1N2c1ccc(C(C)(C)C)cc1. The molecular weight excluding hydrogens is 655 g/mol. The lowest BCUT2D eigenvalue weighted by molar-refractivity contribution is 0.282. The fourth-order valence-corrected chi connectivity index (χ4v) is 9.40. The topological polar surface area (TPSA) is 19.6 Å². The Kier molecular flexibility index (Phi) is 7.95. The number of nitrogens with zero attached hydrogens (tertiary/aromatic N) is 2. The van der Waals surface area contributed by atoms with E-state index in [9.17, 15) is 0 Å². The third kappa shape index (κ3) is 5.60. The fourth-order valence-electron chi connectivity index (χ4n) is 9.40. The van der Waals surface area contributed by atoms with Crippen LogP contribution in [0.5, 0.6) is 0 Å². The van der Waals surface area contributed by atoms with Crippen molar-refractivity contribution in [1.82, 2.24) is 0 Å². The van der Waals surface area contributed by atoms with Crippen LogP contribution >= 0.6 is 0 Å². The predicted molar refractivity (Wildman–Crippen MR) is 234 cm³/mol. The summed E-state index contributed by atoms with van der Waals surface area (Å²) in [4.78, 5) is 5.15. The third-order valence-electron chi connectivity index (χ3n) is 12.9. The Labute approximate surface area is 326 Å². The second-order valence-corrected chi connectivity index (χ2v) is 21.2. The van der Waals surface area contributed by atoms with Crippen LogP contribution in [0.4, 0.5) is 34.1 Å². The first kappa shape index (κ1) is 36.8. The van der Waals surface area contributed by atoms with Crippen LogP contribution in [0, 0.1) is 13.8 Å². The molecule has 0 radical (unpaired) electrons. The van der Waals surface area contributed by atoms with Crippen LogP contribution in [-0.2, 0) is 27.1 Å². The van der Waals surface area contributed by atoms with Gasteiger partial charge in [-0.15, -0.1) is 0 Å². The molecule has 2 aliphatic heterocycles. The monoisotopic (exact) mass is 716 g/mol. The van der Waals surface area contributed by atoms with Gasteiger partial charge in [0.15, 0.2) is 0 Å². The molecule has 0 N–H and O–H groups in total. The zero-order valence-electron chi connectivity index (χ0n) is 35.7. The average Bonchev–Trinajstić information content (AvgIpc) is 3.49. The van der Waals surface area contributed by atoms with Crippen molar-refractivity contribution in [3.8, 4) is 0 Å². The number of rotatable bonds is 2. The Balaban J connectivity index is 1.50. The summed E-state index contributed by atoms with van der Waals surface area (Å²) in [5.41, 5.74) is 19.1. The minimum absolute atomic E-state index is 0.00751. The minimum atomic E-state index is -0.0739. The molecule has 0 fully saturated rings. The predicted octanol–water partition coefficient (Wildman–Crippen LogP) is 12.2. The third-order valence-corrected chi connectivity index (χ3v) is 12.9. The van der Waals surface area contributed by atoms with Crippen molar-refractivity contribution in [2.45, 2.75) is 144 Å². The van der Waals surface area contributed by atoms with Crippen LogP contribution in [0.3, 0.4) is 0 Å². The Bertz CT molecular complexity index is 2320. The van der Waals surface area contributed by atoms with E-state index in [1.54, 1.807) is 0 Å². The van der Waals surface area contributed by atoms with E-state index in [0.29, 0.717) is 0 Å². The normalized spacial score (nSPS) is 17.2. The maximum Gasteiger partial charge on any atom is 0.297 e. The van der Waals surface area contributed by atoms with Gasteiger partial charge in [0.25, 0.3) is 6.71 Å². The van der Waals surface area contributed by atoms with Gasteiger partial charge in [-0.3, -0.25) is 0 Å². The minimum Gasteiger partial charge on any atom is -0.472 e. The molecule has 4 aromatic carbocycles. The molecule has 1 aliphatic carbocycles. The molecule has 5 aromatic rings. The summed E-state index contributed by atoms with van der Waals surface area (Å²) in [7, 11) is 0. The highest BCUT2D eigenvalue weighted by atomic mass is 16.3. The zero-order valence-corrected chi connectivity index (χ0v) is 35.7. The van der Waals surface area contributed by atoms with E-state index < -0.39 is 0 Å². The van der Waals surface area contributed by atoms with Gasteiger partial charge in [-0.05, 0) is 123 Å². The van der Waals surface area contributed by atoms with Gasteiger partial charge in [-0.25, -0.2) is 0 Å². The molecule has 0 amide bonds. The second-order valence-electron chi connectivity index (χ2n) is 21.2. The fraction of sp³-hybridized carbons (Fsp3) is 0.440. The van der Waals surface area contributed by atoms with Gasteiger partial charge in [0, 0.05) is 39.4 Å². The molecule has 0 atom stereocenters. The van der Waals surface area contributed by atoms with E-state index in [1.807, 2.05) is 0 Å². The van der Waals surface area contributed by atoms with Gasteiger partial charge in [0.1, 0.15) is 5.76 Å². The van der Waals surface area contributed by atoms with Gasteiger partial charge in [0.2, 0.25) is 0 Å². The van der Waals surface area contributed by atoms with E-state index in [2.05, 4.69) is 186 Å². The van der Waals surface area contributed by atoms with Crippen molar-refractivity contribution in [1.29, 1.82) is 0 Å². The smallest absolute Gasteiger partial charge is 0.297 e. The molecule has 54 heavy (non-hydrogen) atoms. The molecule has 1 aromatic heterocycles. The van der Waals surface area contributed by atoms with Crippen molar-refractivity contribution in [2.75, 3.05) is 9.80 Å². The van der Waals surface area contributed by atoms with Crippen LogP contribution in [0.15, 0.2) is 77.2 Å². The molecular formula is C50H61BN2O. The summed E-state index contributed by atoms with van der Waals surface area (Å²) < 4.78 is 7.54. The Morgan fingerprint density at radius 3 is 1.67 bits per heavy atom. The van der Waals surface area contributed by atoms with Crippen LogP contribution in [0.1, 0.15) is 142 Å². The molecule has 3 nitrogen and oxygen atoms in total. The van der Waals surface area contributed by atoms with Gasteiger partial charge in [-0.1, -0.05) is 126 Å². The van der Waals surface area contributed by atoms with Gasteiger partial charge >= 0.3 is 0 Å². The molecule has 0 unspecified atom stereocenters. The van der Waals surface area contributed by atoms with Crippen LogP contribution in [0.2, 0.25) is 0 Å². The first-order chi connectivity index (χ1) is 25.0. The van der Waals surface area contributed by atoms with Crippen LogP contribution in [-0.4, -0.2) is 6.71 Å². The van der Waals surface area contributed by atoms with Gasteiger partial charge < -0.3 is 14.2 Å². The van der Waals surface area contributed by atoms with Crippen molar-refractivity contribution >= 4 is 57.4 Å². The van der Waals surface area contributed by atoms with Crippen LogP contribution in [0.25, 0.3) is 0 Å². The number of hydrogen-bond donors (Lipinski definition) is 0. The number of fused-ring (bicyclic) bond motifs is 6.